The number of ether oxygens (including phenoxy) is 2. The number of carbonyl (C=O) groups is 4. The topological polar surface area (TPSA) is 161 Å². The molecular formula is C37H48N4O8Si. The number of methoxy groups -OCH3 is 1. The number of hydrogen-bond donors (Lipinski definition) is 4. The van der Waals surface area contributed by atoms with Crippen LogP contribution >= 0.6 is 0 Å². The van der Waals surface area contributed by atoms with Crippen molar-refractivity contribution in [1.29, 1.82) is 0 Å². The number of nitrogens with one attached hydrogen (secondary N) is 2. The largest absolute Gasteiger partial charge is 0.469 e. The predicted octanol–water partition coefficient (Wildman–Crippen LogP) is 4.21. The Bertz CT molecular complexity index is 1770. The van der Waals surface area contributed by atoms with Crippen molar-refractivity contribution in [1.82, 2.24) is 9.88 Å². The summed E-state index contributed by atoms with van der Waals surface area (Å²) in [4.78, 5) is 71.8. The fourth-order valence-electron chi connectivity index (χ4n) is 8.52. The Morgan fingerprint density at radius 3 is 2.68 bits per heavy atom. The molecule has 6 rings (SSSR count). The first-order chi connectivity index (χ1) is 23.9. The van der Waals surface area contributed by atoms with E-state index in [1.165, 1.54) is 7.11 Å². The van der Waals surface area contributed by atoms with E-state index in [1.54, 1.807) is 21.9 Å². The van der Waals surface area contributed by atoms with Crippen LogP contribution in [-0.2, 0) is 40.7 Å². The van der Waals surface area contributed by atoms with Crippen LogP contribution in [-0.4, -0.2) is 90.7 Å². The normalized spacial score (nSPS) is 24.7. The molecule has 2 aromatic carbocycles. The molecule has 268 valence electrons. The Kier molecular flexibility index (Phi) is 10.2. The fourth-order valence-corrected chi connectivity index (χ4v) is 11.1. The minimum absolute atomic E-state index is 0.0208. The third kappa shape index (κ3) is 6.59. The zero-order valence-electron chi connectivity index (χ0n) is 29.2. The van der Waals surface area contributed by atoms with Gasteiger partial charge in [-0.2, -0.15) is 0 Å². The molecule has 0 bridgehead atoms. The number of benzene rings is 2. The minimum Gasteiger partial charge on any atom is -0.469 e. The van der Waals surface area contributed by atoms with Crippen LogP contribution in [0.15, 0.2) is 48.7 Å². The summed E-state index contributed by atoms with van der Waals surface area (Å²) in [6.07, 6.45) is 4.04. The molecule has 0 saturated carbocycles. The number of unbranched alkanes of at least 4 members (excludes halogenated alkanes) is 1. The summed E-state index contributed by atoms with van der Waals surface area (Å²) in [7, 11) is -1.69. The van der Waals surface area contributed by atoms with Crippen molar-refractivity contribution in [3.8, 4) is 0 Å². The van der Waals surface area contributed by atoms with Gasteiger partial charge in [0.05, 0.1) is 44.4 Å². The summed E-state index contributed by atoms with van der Waals surface area (Å²) < 4.78 is 11.7. The number of para-hydroxylation sites is 1. The van der Waals surface area contributed by atoms with Crippen LogP contribution in [0.1, 0.15) is 56.6 Å². The van der Waals surface area contributed by atoms with Gasteiger partial charge in [-0.05, 0) is 68.6 Å². The van der Waals surface area contributed by atoms with E-state index in [2.05, 4.69) is 10.3 Å². The van der Waals surface area contributed by atoms with Crippen molar-refractivity contribution in [2.75, 3.05) is 37.0 Å². The number of H-pyrrole nitrogens is 1. The highest BCUT2D eigenvalue weighted by atomic mass is 28.4. The maximum atomic E-state index is 14.7. The van der Waals surface area contributed by atoms with E-state index < -0.39 is 31.5 Å². The number of aliphatic hydroxyl groups is 1. The van der Waals surface area contributed by atoms with E-state index >= 15 is 0 Å². The second-order valence-corrected chi connectivity index (χ2v) is 18.4. The van der Waals surface area contributed by atoms with Gasteiger partial charge < -0.3 is 39.5 Å². The molecule has 13 heteroatoms. The van der Waals surface area contributed by atoms with Crippen LogP contribution in [0, 0.1) is 5.92 Å². The molecule has 1 spiro atoms. The van der Waals surface area contributed by atoms with E-state index in [0.717, 1.165) is 29.3 Å². The summed E-state index contributed by atoms with van der Waals surface area (Å²) in [5.74, 6) is -1.48. The quantitative estimate of drug-likeness (QED) is 0.124. The first-order valence-corrected chi connectivity index (χ1v) is 20.6. The van der Waals surface area contributed by atoms with Gasteiger partial charge in [-0.3, -0.25) is 19.2 Å². The van der Waals surface area contributed by atoms with Crippen LogP contribution in [0.5, 0.6) is 0 Å². The SMILES string of the molecule is COC(=O)CCCCN1C(=O)[C@@]2(O[C@@H](CC(=O)N3CCC[C@H]3CO)[C@H]([Si](C)(C)O)[C@H]2C)c2cc(NC(=O)Cc3c[nH]c4ccccc34)ccc21. The molecule has 0 unspecified atom stereocenters. The zero-order chi connectivity index (χ0) is 35.8. The molecule has 4 N–H and O–H groups in total. The number of aliphatic hydroxyl groups excluding tert-OH is 1. The second kappa shape index (κ2) is 14.3. The summed E-state index contributed by atoms with van der Waals surface area (Å²) in [6.45, 7) is 6.29. The summed E-state index contributed by atoms with van der Waals surface area (Å²) in [6, 6.07) is 12.9. The molecule has 2 saturated heterocycles. The van der Waals surface area contributed by atoms with Crippen LogP contribution in [0.2, 0.25) is 18.6 Å². The van der Waals surface area contributed by atoms with Gasteiger partial charge in [0.15, 0.2) is 13.9 Å². The predicted molar refractivity (Wildman–Crippen MR) is 191 cm³/mol. The molecule has 2 fully saturated rings. The highest BCUT2D eigenvalue weighted by Crippen LogP contribution is 2.60. The average molecular weight is 705 g/mol. The summed E-state index contributed by atoms with van der Waals surface area (Å²) in [5.41, 5.74) is 1.57. The Labute approximate surface area is 293 Å². The molecule has 50 heavy (non-hydrogen) atoms. The number of amides is 3. The number of hydrogen-bond acceptors (Lipinski definition) is 8. The lowest BCUT2D eigenvalue weighted by molar-refractivity contribution is -0.150. The number of aromatic amines is 1. The van der Waals surface area contributed by atoms with Crippen LogP contribution in [0.25, 0.3) is 10.9 Å². The van der Waals surface area contributed by atoms with Crippen LogP contribution < -0.4 is 10.2 Å². The lowest BCUT2D eigenvalue weighted by Gasteiger charge is -2.33. The van der Waals surface area contributed by atoms with Crippen LogP contribution in [0.3, 0.4) is 0 Å². The van der Waals surface area contributed by atoms with Gasteiger partial charge in [-0.15, -0.1) is 0 Å². The molecule has 3 amide bonds. The molecule has 0 radical (unpaired) electrons. The molecule has 3 aliphatic rings. The number of nitrogens with zero attached hydrogens (tertiary/aromatic N) is 2. The second-order valence-electron chi connectivity index (χ2n) is 14.4. The first kappa shape index (κ1) is 35.8. The van der Waals surface area contributed by atoms with Crippen molar-refractivity contribution in [3.05, 3.63) is 59.8 Å². The molecule has 5 atom stereocenters. The van der Waals surface area contributed by atoms with Gasteiger partial charge >= 0.3 is 5.97 Å². The Balaban J connectivity index is 1.32. The van der Waals surface area contributed by atoms with Crippen molar-refractivity contribution in [2.45, 2.75) is 88.3 Å². The van der Waals surface area contributed by atoms with E-state index in [9.17, 15) is 29.1 Å². The number of anilines is 2. The van der Waals surface area contributed by atoms with Gasteiger partial charge in [0.2, 0.25) is 11.8 Å². The number of rotatable bonds is 12. The van der Waals surface area contributed by atoms with Crippen molar-refractivity contribution >= 4 is 54.3 Å². The molecule has 0 aliphatic carbocycles. The number of aromatic nitrogens is 1. The van der Waals surface area contributed by atoms with E-state index in [0.29, 0.717) is 42.9 Å². The number of fused-ring (bicyclic) bond motifs is 3. The third-order valence-electron chi connectivity index (χ3n) is 10.8. The number of carbonyl (C=O) groups excluding carboxylic acids is 4. The maximum Gasteiger partial charge on any atom is 0.305 e. The van der Waals surface area contributed by atoms with E-state index in [-0.39, 0.29) is 55.6 Å². The highest BCUT2D eigenvalue weighted by molar-refractivity contribution is 6.71. The third-order valence-corrected chi connectivity index (χ3v) is 13.3. The van der Waals surface area contributed by atoms with Gasteiger partial charge in [0, 0.05) is 59.3 Å². The first-order valence-electron chi connectivity index (χ1n) is 17.6. The van der Waals surface area contributed by atoms with Gasteiger partial charge in [-0.1, -0.05) is 25.1 Å². The van der Waals surface area contributed by atoms with E-state index in [1.807, 2.05) is 56.5 Å². The number of esters is 1. The lowest BCUT2D eigenvalue weighted by atomic mass is 9.82. The van der Waals surface area contributed by atoms with Gasteiger partial charge in [0.1, 0.15) is 0 Å². The van der Waals surface area contributed by atoms with Crippen LogP contribution in [0.4, 0.5) is 11.4 Å². The van der Waals surface area contributed by atoms with E-state index in [4.69, 9.17) is 9.47 Å². The van der Waals surface area contributed by atoms with Crippen molar-refractivity contribution in [2.24, 2.45) is 5.92 Å². The smallest absolute Gasteiger partial charge is 0.305 e. The van der Waals surface area contributed by atoms with Crippen molar-refractivity contribution in [3.63, 3.8) is 0 Å². The summed E-state index contributed by atoms with van der Waals surface area (Å²) >= 11 is 0. The van der Waals surface area contributed by atoms with Gasteiger partial charge in [0.25, 0.3) is 5.91 Å². The Morgan fingerprint density at radius 1 is 1.16 bits per heavy atom. The molecule has 12 nitrogen and oxygen atoms in total. The highest BCUT2D eigenvalue weighted by Gasteiger charge is 2.66. The molecular weight excluding hydrogens is 657 g/mol. The Morgan fingerprint density at radius 2 is 1.94 bits per heavy atom. The minimum atomic E-state index is -3.04. The molecule has 1 aromatic heterocycles. The van der Waals surface area contributed by atoms with Crippen molar-refractivity contribution < 1.29 is 38.6 Å². The number of likely N-dealkylation sites (tertiary alicyclic amines) is 1. The fraction of sp³-hybridized carbons (Fsp3) is 0.514. The molecule has 3 aliphatic heterocycles. The molecule has 4 heterocycles. The zero-order valence-corrected chi connectivity index (χ0v) is 30.2. The summed E-state index contributed by atoms with van der Waals surface area (Å²) in [5, 5.41) is 13.9. The standard InChI is InChI=1S/C37H48N4O8Si/c1-23-35(50(3,4)47)31(20-33(44)40-17-9-10-26(40)22-42)49-37(23)28-19-25(39-32(43)18-24-21-38-29-12-6-5-11-27(24)29)14-15-30(28)41(36(37)46)16-8-7-13-34(45)48-2/h5-6,11-12,14-15,19,21,23,26,31,35,38,42,47H,7-10,13,16-18,20,22H2,1-4H3,(H,39,43)/t23-,26+,31+,35-,37+/m1/s1. The monoisotopic (exact) mass is 704 g/mol. The average Bonchev–Trinajstić information content (AvgIpc) is 3.84. The lowest BCUT2D eigenvalue weighted by Crippen LogP contribution is -2.46. The maximum absolute atomic E-state index is 14.7. The van der Waals surface area contributed by atoms with Gasteiger partial charge in [-0.25, -0.2) is 0 Å². The Hall–Kier alpha value is -4.04. The molecule has 3 aromatic rings.